The predicted molar refractivity (Wildman–Crippen MR) is 59.2 cm³/mol. The summed E-state index contributed by atoms with van der Waals surface area (Å²) >= 11 is 0. The molecule has 0 saturated carbocycles. The maximum atomic E-state index is 12.2. The molecule has 2 rings (SSSR count). The molecule has 1 aromatic carbocycles. The van der Waals surface area contributed by atoms with Gasteiger partial charge >= 0.3 is 0 Å². The molecule has 0 amide bonds. The normalized spacial score (nSPS) is 20.5. The van der Waals surface area contributed by atoms with Gasteiger partial charge in [-0.2, -0.15) is 0 Å². The molecule has 1 aromatic rings. The SMILES string of the molecule is Cc1cccc(C)c1C(=O)C1CCOC1. The first-order valence-electron chi connectivity index (χ1n) is 5.38. The first-order chi connectivity index (χ1) is 7.20. The van der Waals surface area contributed by atoms with Crippen LogP contribution in [-0.4, -0.2) is 19.0 Å². The zero-order valence-electron chi connectivity index (χ0n) is 9.25. The summed E-state index contributed by atoms with van der Waals surface area (Å²) in [5, 5.41) is 0. The molecule has 15 heavy (non-hydrogen) atoms. The molecule has 0 bridgehead atoms. The van der Waals surface area contributed by atoms with E-state index in [1.54, 1.807) is 0 Å². The Kier molecular flexibility index (Phi) is 2.87. The molecule has 0 radical (unpaired) electrons. The van der Waals surface area contributed by atoms with E-state index >= 15 is 0 Å². The van der Waals surface area contributed by atoms with Crippen LogP contribution in [0.3, 0.4) is 0 Å². The lowest BCUT2D eigenvalue weighted by Gasteiger charge is -2.11. The fourth-order valence-electron chi connectivity index (χ4n) is 2.15. The number of carbonyl (C=O) groups excluding carboxylic acids is 1. The fraction of sp³-hybridized carbons (Fsp3) is 0.462. The van der Waals surface area contributed by atoms with Crippen LogP contribution < -0.4 is 0 Å². The summed E-state index contributed by atoms with van der Waals surface area (Å²) in [6, 6.07) is 5.98. The van der Waals surface area contributed by atoms with Crippen LogP contribution in [0.4, 0.5) is 0 Å². The van der Waals surface area contributed by atoms with Crippen LogP contribution >= 0.6 is 0 Å². The second-order valence-electron chi connectivity index (χ2n) is 4.19. The number of ketones is 1. The van der Waals surface area contributed by atoms with Crippen molar-refractivity contribution in [1.82, 2.24) is 0 Å². The topological polar surface area (TPSA) is 26.3 Å². The number of hydrogen-bond acceptors (Lipinski definition) is 2. The highest BCUT2D eigenvalue weighted by Gasteiger charge is 2.26. The average molecular weight is 204 g/mol. The van der Waals surface area contributed by atoms with E-state index in [0.717, 1.165) is 29.7 Å². The summed E-state index contributed by atoms with van der Waals surface area (Å²) in [5.41, 5.74) is 3.05. The van der Waals surface area contributed by atoms with E-state index in [4.69, 9.17) is 4.74 Å². The van der Waals surface area contributed by atoms with Crippen molar-refractivity contribution >= 4 is 5.78 Å². The monoisotopic (exact) mass is 204 g/mol. The third kappa shape index (κ3) is 1.95. The Balaban J connectivity index is 2.32. The first kappa shape index (κ1) is 10.4. The Morgan fingerprint density at radius 2 is 2.00 bits per heavy atom. The van der Waals surface area contributed by atoms with Crippen molar-refractivity contribution in [3.05, 3.63) is 34.9 Å². The van der Waals surface area contributed by atoms with Crippen LogP contribution in [0.25, 0.3) is 0 Å². The van der Waals surface area contributed by atoms with Crippen molar-refractivity contribution in [2.24, 2.45) is 5.92 Å². The Morgan fingerprint density at radius 1 is 1.33 bits per heavy atom. The van der Waals surface area contributed by atoms with Crippen molar-refractivity contribution in [3.63, 3.8) is 0 Å². The van der Waals surface area contributed by atoms with Gasteiger partial charge in [-0.25, -0.2) is 0 Å². The summed E-state index contributed by atoms with van der Waals surface area (Å²) in [7, 11) is 0. The van der Waals surface area contributed by atoms with Crippen molar-refractivity contribution in [2.75, 3.05) is 13.2 Å². The molecule has 0 aliphatic carbocycles. The second-order valence-corrected chi connectivity index (χ2v) is 4.19. The summed E-state index contributed by atoms with van der Waals surface area (Å²) in [6.07, 6.45) is 0.868. The highest BCUT2D eigenvalue weighted by Crippen LogP contribution is 2.22. The minimum atomic E-state index is 0.0739. The molecule has 1 atom stereocenters. The molecule has 1 saturated heterocycles. The highest BCUT2D eigenvalue weighted by molar-refractivity contribution is 6.00. The quantitative estimate of drug-likeness (QED) is 0.692. The smallest absolute Gasteiger partial charge is 0.168 e. The number of aryl methyl sites for hydroxylation is 2. The number of ether oxygens (including phenoxy) is 1. The van der Waals surface area contributed by atoms with Crippen LogP contribution in [0.2, 0.25) is 0 Å². The Hall–Kier alpha value is -1.15. The minimum Gasteiger partial charge on any atom is -0.381 e. The lowest BCUT2D eigenvalue weighted by Crippen LogP contribution is -2.17. The van der Waals surface area contributed by atoms with E-state index in [1.807, 2.05) is 32.0 Å². The van der Waals surface area contributed by atoms with Gasteiger partial charge in [-0.05, 0) is 31.4 Å². The number of carbonyl (C=O) groups is 1. The third-order valence-corrected chi connectivity index (χ3v) is 3.03. The number of rotatable bonds is 2. The van der Waals surface area contributed by atoms with Gasteiger partial charge in [-0.3, -0.25) is 4.79 Å². The largest absolute Gasteiger partial charge is 0.381 e. The van der Waals surface area contributed by atoms with Crippen LogP contribution in [0.1, 0.15) is 27.9 Å². The van der Waals surface area contributed by atoms with Gasteiger partial charge in [0.1, 0.15) is 0 Å². The number of Topliss-reactive ketones (excluding diaryl/α,β-unsaturated/α-hetero) is 1. The molecule has 1 aliphatic rings. The summed E-state index contributed by atoms with van der Waals surface area (Å²) in [6.45, 7) is 5.31. The zero-order chi connectivity index (χ0) is 10.8. The number of hydrogen-bond donors (Lipinski definition) is 0. The minimum absolute atomic E-state index is 0.0739. The Morgan fingerprint density at radius 3 is 2.53 bits per heavy atom. The van der Waals surface area contributed by atoms with Crippen molar-refractivity contribution in [3.8, 4) is 0 Å². The molecule has 1 heterocycles. The molecule has 1 aliphatic heterocycles. The van der Waals surface area contributed by atoms with Gasteiger partial charge in [-0.1, -0.05) is 18.2 Å². The number of benzene rings is 1. The van der Waals surface area contributed by atoms with Crippen molar-refractivity contribution in [1.29, 1.82) is 0 Å². The summed E-state index contributed by atoms with van der Waals surface area (Å²) in [4.78, 5) is 12.2. The standard InChI is InChI=1S/C13H16O2/c1-9-4-3-5-10(2)12(9)13(14)11-6-7-15-8-11/h3-5,11H,6-8H2,1-2H3. The Labute approximate surface area is 90.3 Å². The molecule has 0 spiro atoms. The third-order valence-electron chi connectivity index (χ3n) is 3.03. The molecule has 2 heteroatoms. The molecule has 1 unspecified atom stereocenters. The van der Waals surface area contributed by atoms with Crippen LogP contribution in [0.15, 0.2) is 18.2 Å². The van der Waals surface area contributed by atoms with E-state index in [9.17, 15) is 4.79 Å². The molecule has 2 nitrogen and oxygen atoms in total. The van der Waals surface area contributed by atoms with Crippen LogP contribution in [0.5, 0.6) is 0 Å². The van der Waals surface area contributed by atoms with Gasteiger partial charge in [0.25, 0.3) is 0 Å². The van der Waals surface area contributed by atoms with Gasteiger partial charge in [0.05, 0.1) is 6.61 Å². The molecular formula is C13H16O2. The van der Waals surface area contributed by atoms with E-state index in [1.165, 1.54) is 0 Å². The van der Waals surface area contributed by atoms with E-state index in [2.05, 4.69) is 0 Å². The summed E-state index contributed by atoms with van der Waals surface area (Å²) in [5.74, 6) is 0.327. The Bertz CT molecular complexity index is 356. The lowest BCUT2D eigenvalue weighted by atomic mass is 9.91. The molecule has 0 N–H and O–H groups in total. The van der Waals surface area contributed by atoms with Gasteiger partial charge in [0.15, 0.2) is 5.78 Å². The molecule has 80 valence electrons. The van der Waals surface area contributed by atoms with Gasteiger partial charge < -0.3 is 4.74 Å². The summed E-state index contributed by atoms with van der Waals surface area (Å²) < 4.78 is 5.26. The molecule has 0 aromatic heterocycles. The zero-order valence-corrected chi connectivity index (χ0v) is 9.25. The van der Waals surface area contributed by atoms with Crippen molar-refractivity contribution in [2.45, 2.75) is 20.3 Å². The maximum Gasteiger partial charge on any atom is 0.168 e. The van der Waals surface area contributed by atoms with E-state index in [0.29, 0.717) is 6.61 Å². The van der Waals surface area contributed by atoms with E-state index < -0.39 is 0 Å². The van der Waals surface area contributed by atoms with Gasteiger partial charge in [-0.15, -0.1) is 0 Å². The lowest BCUT2D eigenvalue weighted by molar-refractivity contribution is 0.0899. The highest BCUT2D eigenvalue weighted by atomic mass is 16.5. The second kappa shape index (κ2) is 4.15. The van der Waals surface area contributed by atoms with Gasteiger partial charge in [0.2, 0.25) is 0 Å². The first-order valence-corrected chi connectivity index (χ1v) is 5.38. The van der Waals surface area contributed by atoms with Crippen LogP contribution in [0, 0.1) is 19.8 Å². The van der Waals surface area contributed by atoms with Crippen LogP contribution in [-0.2, 0) is 4.74 Å². The van der Waals surface area contributed by atoms with Gasteiger partial charge in [0, 0.05) is 18.1 Å². The fourth-order valence-corrected chi connectivity index (χ4v) is 2.15. The average Bonchev–Trinajstić information content (AvgIpc) is 2.69. The maximum absolute atomic E-state index is 12.2. The molecule has 1 fully saturated rings. The van der Waals surface area contributed by atoms with Crippen molar-refractivity contribution < 1.29 is 9.53 Å². The molecular weight excluding hydrogens is 188 g/mol. The predicted octanol–water partition coefficient (Wildman–Crippen LogP) is 2.52. The van der Waals surface area contributed by atoms with E-state index in [-0.39, 0.29) is 11.7 Å².